The highest BCUT2D eigenvalue weighted by molar-refractivity contribution is 5.92. The van der Waals surface area contributed by atoms with Crippen molar-refractivity contribution in [3.8, 4) is 5.75 Å². The number of hydrogen-bond acceptors (Lipinski definition) is 3. The second-order valence-corrected chi connectivity index (χ2v) is 6.40. The van der Waals surface area contributed by atoms with E-state index in [1.54, 1.807) is 24.3 Å². The first kappa shape index (κ1) is 19.2. The van der Waals surface area contributed by atoms with E-state index in [4.69, 9.17) is 10.5 Å². The van der Waals surface area contributed by atoms with Crippen molar-refractivity contribution in [1.82, 2.24) is 5.32 Å². The van der Waals surface area contributed by atoms with Crippen molar-refractivity contribution in [2.45, 2.75) is 12.5 Å². The summed E-state index contributed by atoms with van der Waals surface area (Å²) in [4.78, 5) is 23.6. The molecule has 1 atom stereocenters. The topological polar surface area (TPSA) is 81.4 Å². The molecule has 0 bridgehead atoms. The van der Waals surface area contributed by atoms with Crippen molar-refractivity contribution < 1.29 is 14.3 Å². The van der Waals surface area contributed by atoms with Crippen LogP contribution in [0.5, 0.6) is 5.75 Å². The summed E-state index contributed by atoms with van der Waals surface area (Å²) in [6, 6.07) is 26.1. The van der Waals surface area contributed by atoms with Crippen LogP contribution < -0.4 is 15.8 Å². The number of primary amides is 1. The lowest BCUT2D eigenvalue weighted by molar-refractivity contribution is -0.123. The molecule has 5 nitrogen and oxygen atoms in total. The SMILES string of the molecule is NC(=O)c1ccc(OCC(=O)N[C@@H](Cc2ccccc2)c2ccccc2)cc1. The molecule has 0 aliphatic carbocycles. The Labute approximate surface area is 164 Å². The molecule has 0 radical (unpaired) electrons. The van der Waals surface area contributed by atoms with Gasteiger partial charge < -0.3 is 15.8 Å². The van der Waals surface area contributed by atoms with Gasteiger partial charge in [0.1, 0.15) is 5.75 Å². The van der Waals surface area contributed by atoms with E-state index in [-0.39, 0.29) is 18.6 Å². The fourth-order valence-electron chi connectivity index (χ4n) is 2.89. The first-order valence-electron chi connectivity index (χ1n) is 9.03. The van der Waals surface area contributed by atoms with Crippen LogP contribution in [0.2, 0.25) is 0 Å². The van der Waals surface area contributed by atoms with Gasteiger partial charge in [-0.2, -0.15) is 0 Å². The standard InChI is InChI=1S/C23H22N2O3/c24-23(27)19-11-13-20(14-12-19)28-16-22(26)25-21(18-9-5-2-6-10-18)15-17-7-3-1-4-8-17/h1-14,21H,15-16H2,(H2,24,27)(H,25,26)/t21-/m0/s1. The zero-order valence-electron chi connectivity index (χ0n) is 15.4. The molecule has 2 amide bonds. The van der Waals surface area contributed by atoms with Crippen molar-refractivity contribution in [2.24, 2.45) is 5.73 Å². The summed E-state index contributed by atoms with van der Waals surface area (Å²) in [7, 11) is 0. The third-order valence-corrected chi connectivity index (χ3v) is 4.33. The van der Waals surface area contributed by atoms with Gasteiger partial charge in [0.25, 0.3) is 5.91 Å². The van der Waals surface area contributed by atoms with Gasteiger partial charge >= 0.3 is 0 Å². The maximum Gasteiger partial charge on any atom is 0.258 e. The van der Waals surface area contributed by atoms with Crippen LogP contribution in [0.3, 0.4) is 0 Å². The highest BCUT2D eigenvalue weighted by atomic mass is 16.5. The molecule has 0 saturated heterocycles. The molecule has 28 heavy (non-hydrogen) atoms. The summed E-state index contributed by atoms with van der Waals surface area (Å²) in [5.41, 5.74) is 7.78. The van der Waals surface area contributed by atoms with Crippen LogP contribution in [-0.4, -0.2) is 18.4 Å². The number of ether oxygens (including phenoxy) is 1. The highest BCUT2D eigenvalue weighted by Gasteiger charge is 2.15. The first-order chi connectivity index (χ1) is 13.6. The second-order valence-electron chi connectivity index (χ2n) is 6.40. The van der Waals surface area contributed by atoms with Gasteiger partial charge in [0.15, 0.2) is 6.61 Å². The van der Waals surface area contributed by atoms with Crippen molar-refractivity contribution >= 4 is 11.8 Å². The zero-order valence-corrected chi connectivity index (χ0v) is 15.4. The molecule has 3 N–H and O–H groups in total. The van der Waals surface area contributed by atoms with E-state index in [2.05, 4.69) is 5.32 Å². The number of benzene rings is 3. The molecule has 0 saturated carbocycles. The highest BCUT2D eigenvalue weighted by Crippen LogP contribution is 2.18. The lowest BCUT2D eigenvalue weighted by atomic mass is 9.99. The zero-order chi connectivity index (χ0) is 19.8. The van der Waals surface area contributed by atoms with Crippen molar-refractivity contribution in [1.29, 1.82) is 0 Å². The maximum absolute atomic E-state index is 12.5. The van der Waals surface area contributed by atoms with E-state index < -0.39 is 5.91 Å². The fourth-order valence-corrected chi connectivity index (χ4v) is 2.89. The van der Waals surface area contributed by atoms with Crippen molar-refractivity contribution in [3.05, 3.63) is 102 Å². The van der Waals surface area contributed by atoms with Gasteiger partial charge in [-0.1, -0.05) is 60.7 Å². The van der Waals surface area contributed by atoms with Crippen molar-refractivity contribution in [2.75, 3.05) is 6.61 Å². The van der Waals surface area contributed by atoms with Gasteiger partial charge in [0, 0.05) is 5.56 Å². The predicted octanol–water partition coefficient (Wildman–Crippen LogP) is 3.26. The number of nitrogens with two attached hydrogens (primary N) is 1. The Morgan fingerprint density at radius 1 is 0.857 bits per heavy atom. The molecule has 0 aliphatic rings. The van der Waals surface area contributed by atoms with Crippen LogP contribution in [0.4, 0.5) is 0 Å². The Morgan fingerprint density at radius 2 is 1.46 bits per heavy atom. The largest absolute Gasteiger partial charge is 0.484 e. The quantitative estimate of drug-likeness (QED) is 0.635. The fraction of sp³-hybridized carbons (Fsp3) is 0.130. The molecule has 3 aromatic rings. The number of amides is 2. The maximum atomic E-state index is 12.5. The molecule has 5 heteroatoms. The summed E-state index contributed by atoms with van der Waals surface area (Å²) >= 11 is 0. The van der Waals surface area contributed by atoms with Crippen LogP contribution in [-0.2, 0) is 11.2 Å². The summed E-state index contributed by atoms with van der Waals surface area (Å²) in [5.74, 6) is -0.223. The van der Waals surface area contributed by atoms with Gasteiger partial charge in [-0.15, -0.1) is 0 Å². The number of hydrogen-bond donors (Lipinski definition) is 2. The van der Waals surface area contributed by atoms with E-state index in [0.717, 1.165) is 11.1 Å². The van der Waals surface area contributed by atoms with E-state index >= 15 is 0 Å². The summed E-state index contributed by atoms with van der Waals surface area (Å²) < 4.78 is 5.53. The predicted molar refractivity (Wildman–Crippen MR) is 108 cm³/mol. The molecule has 0 aromatic heterocycles. The summed E-state index contributed by atoms with van der Waals surface area (Å²) in [5, 5.41) is 3.04. The number of rotatable bonds is 8. The van der Waals surface area contributed by atoms with Gasteiger partial charge in [0.2, 0.25) is 5.91 Å². The molecular formula is C23H22N2O3. The van der Waals surface area contributed by atoms with E-state index in [1.807, 2.05) is 60.7 Å². The van der Waals surface area contributed by atoms with E-state index in [9.17, 15) is 9.59 Å². The van der Waals surface area contributed by atoms with Crippen LogP contribution >= 0.6 is 0 Å². The Kier molecular flexibility index (Phi) is 6.41. The van der Waals surface area contributed by atoms with Gasteiger partial charge in [-0.05, 0) is 41.8 Å². The van der Waals surface area contributed by atoms with Gasteiger partial charge in [-0.3, -0.25) is 9.59 Å². The lowest BCUT2D eigenvalue weighted by Gasteiger charge is -2.20. The first-order valence-corrected chi connectivity index (χ1v) is 9.03. The number of nitrogens with one attached hydrogen (secondary N) is 1. The van der Waals surface area contributed by atoms with E-state index in [0.29, 0.717) is 17.7 Å². The Morgan fingerprint density at radius 3 is 2.07 bits per heavy atom. The number of carbonyl (C=O) groups is 2. The summed E-state index contributed by atoms with van der Waals surface area (Å²) in [6.07, 6.45) is 0.684. The van der Waals surface area contributed by atoms with Crippen LogP contribution in [0.15, 0.2) is 84.9 Å². The normalized spacial score (nSPS) is 11.4. The molecule has 0 heterocycles. The third kappa shape index (κ3) is 5.45. The molecule has 3 rings (SSSR count). The number of carbonyl (C=O) groups excluding carboxylic acids is 2. The van der Waals surface area contributed by atoms with Crippen LogP contribution in [0, 0.1) is 0 Å². The monoisotopic (exact) mass is 374 g/mol. The lowest BCUT2D eigenvalue weighted by Crippen LogP contribution is -2.33. The second kappa shape index (κ2) is 9.37. The van der Waals surface area contributed by atoms with Crippen LogP contribution in [0.1, 0.15) is 27.5 Å². The average molecular weight is 374 g/mol. The van der Waals surface area contributed by atoms with Crippen molar-refractivity contribution in [3.63, 3.8) is 0 Å². The Bertz CT molecular complexity index is 910. The Hall–Kier alpha value is -3.60. The minimum Gasteiger partial charge on any atom is -0.484 e. The molecule has 0 fully saturated rings. The van der Waals surface area contributed by atoms with Gasteiger partial charge in [0.05, 0.1) is 6.04 Å². The Balaban J connectivity index is 1.63. The molecule has 142 valence electrons. The molecular weight excluding hydrogens is 352 g/mol. The third-order valence-electron chi connectivity index (χ3n) is 4.33. The molecule has 3 aromatic carbocycles. The van der Waals surface area contributed by atoms with Gasteiger partial charge in [-0.25, -0.2) is 0 Å². The molecule has 0 spiro atoms. The summed E-state index contributed by atoms with van der Waals surface area (Å²) in [6.45, 7) is -0.117. The molecule has 0 aliphatic heterocycles. The van der Waals surface area contributed by atoms with Crippen LogP contribution in [0.25, 0.3) is 0 Å². The van der Waals surface area contributed by atoms with E-state index in [1.165, 1.54) is 0 Å². The average Bonchev–Trinajstić information content (AvgIpc) is 2.73. The minimum atomic E-state index is -0.504. The smallest absolute Gasteiger partial charge is 0.258 e. The molecule has 0 unspecified atom stereocenters. The minimum absolute atomic E-state index is 0.117.